The van der Waals surface area contributed by atoms with Gasteiger partial charge in [0.15, 0.2) is 5.78 Å². The molecule has 0 bridgehead atoms. The summed E-state index contributed by atoms with van der Waals surface area (Å²) < 4.78 is 5.47. The Bertz CT molecular complexity index is 768. The second kappa shape index (κ2) is 8.55. The number of fused-ring (bicyclic) bond motifs is 2. The summed E-state index contributed by atoms with van der Waals surface area (Å²) in [5.74, 6) is 1.31. The van der Waals surface area contributed by atoms with Crippen LogP contribution >= 0.6 is 0 Å². The lowest BCUT2D eigenvalue weighted by molar-refractivity contribution is -0.119. The molecule has 1 N–H and O–H groups in total. The molecular formula is C26H38O4. The van der Waals surface area contributed by atoms with E-state index in [4.69, 9.17) is 4.74 Å². The van der Waals surface area contributed by atoms with Gasteiger partial charge >= 0.3 is 0 Å². The van der Waals surface area contributed by atoms with Crippen molar-refractivity contribution in [1.82, 2.24) is 0 Å². The van der Waals surface area contributed by atoms with Crippen LogP contribution in [0.25, 0.3) is 0 Å². The first-order valence-electron chi connectivity index (χ1n) is 11.3. The minimum atomic E-state index is -0.926. The van der Waals surface area contributed by atoms with Gasteiger partial charge in [0.25, 0.3) is 0 Å². The van der Waals surface area contributed by atoms with E-state index in [0.29, 0.717) is 23.3 Å². The van der Waals surface area contributed by atoms with Gasteiger partial charge in [0, 0.05) is 7.11 Å². The van der Waals surface area contributed by atoms with Crippen molar-refractivity contribution in [2.75, 3.05) is 7.11 Å². The summed E-state index contributed by atoms with van der Waals surface area (Å²) in [5, 5.41) is 10.3. The van der Waals surface area contributed by atoms with E-state index in [9.17, 15) is 14.7 Å². The Labute approximate surface area is 181 Å². The molecule has 3 rings (SSSR count). The highest BCUT2D eigenvalue weighted by molar-refractivity contribution is 6.01. The summed E-state index contributed by atoms with van der Waals surface area (Å²) in [6.45, 7) is 10.2. The lowest BCUT2D eigenvalue weighted by Crippen LogP contribution is -2.36. The predicted octanol–water partition coefficient (Wildman–Crippen LogP) is 4.68. The first-order valence-corrected chi connectivity index (χ1v) is 11.3. The molecule has 1 saturated carbocycles. The molecule has 0 spiro atoms. The number of hydrogen-bond donors (Lipinski definition) is 1. The molecule has 0 unspecified atom stereocenters. The fraction of sp³-hybridized carbons (Fsp3) is 0.692. The van der Waals surface area contributed by atoms with Crippen molar-refractivity contribution in [3.63, 3.8) is 0 Å². The molecule has 30 heavy (non-hydrogen) atoms. The maximum Gasteiger partial charge on any atom is 0.163 e. The Morgan fingerprint density at radius 1 is 1.33 bits per heavy atom. The van der Waals surface area contributed by atoms with Crippen LogP contribution in [0.15, 0.2) is 35.5 Å². The molecule has 4 heteroatoms. The van der Waals surface area contributed by atoms with Gasteiger partial charge in [-0.3, -0.25) is 9.59 Å². The molecule has 0 amide bonds. The van der Waals surface area contributed by atoms with Crippen LogP contribution in [0.3, 0.4) is 0 Å². The van der Waals surface area contributed by atoms with Crippen molar-refractivity contribution in [3.05, 3.63) is 35.5 Å². The molecule has 0 saturated heterocycles. The van der Waals surface area contributed by atoms with Gasteiger partial charge in [-0.05, 0) is 87.2 Å². The standard InChI is InChI=1S/C26H38O4/c1-16(7-10-23(30-6)25(3,4)29)19-11-12-26(5)14-20-17(2)13-22(28)24(20)18(15-27)8-9-21(19)26/h7-8,10,13,15-16,19-21,23-24,29H,9,11-12,14H2,1-6H3/b10-7+,18-8-/t16-,19+,20+,21-,23+,24-,26+/m0/s1. The Balaban J connectivity index is 1.86. The second-order valence-electron chi connectivity index (χ2n) is 10.7. The van der Waals surface area contributed by atoms with E-state index >= 15 is 0 Å². The van der Waals surface area contributed by atoms with E-state index < -0.39 is 5.60 Å². The van der Waals surface area contributed by atoms with Gasteiger partial charge in [0.1, 0.15) is 12.4 Å². The highest BCUT2D eigenvalue weighted by atomic mass is 16.5. The molecule has 7 atom stereocenters. The van der Waals surface area contributed by atoms with Crippen molar-refractivity contribution >= 4 is 12.1 Å². The molecule has 166 valence electrons. The van der Waals surface area contributed by atoms with Crippen LogP contribution in [0.4, 0.5) is 0 Å². The van der Waals surface area contributed by atoms with Crippen molar-refractivity contribution < 1.29 is 19.4 Å². The smallest absolute Gasteiger partial charge is 0.163 e. The molecule has 1 fully saturated rings. The number of aliphatic hydroxyl groups is 1. The maximum atomic E-state index is 12.6. The minimum absolute atomic E-state index is 0.0981. The zero-order valence-corrected chi connectivity index (χ0v) is 19.4. The molecule has 0 aromatic heterocycles. The number of methoxy groups -OCH3 is 1. The zero-order chi connectivity index (χ0) is 22.3. The molecular weight excluding hydrogens is 376 g/mol. The predicted molar refractivity (Wildman–Crippen MR) is 119 cm³/mol. The summed E-state index contributed by atoms with van der Waals surface area (Å²) in [5.41, 5.74) is 1.04. The molecule has 0 aromatic rings. The molecule has 0 aliphatic heterocycles. The van der Waals surface area contributed by atoms with Gasteiger partial charge in [-0.2, -0.15) is 0 Å². The molecule has 0 radical (unpaired) electrons. The van der Waals surface area contributed by atoms with Crippen molar-refractivity contribution in [1.29, 1.82) is 0 Å². The van der Waals surface area contributed by atoms with Crippen molar-refractivity contribution in [3.8, 4) is 0 Å². The van der Waals surface area contributed by atoms with E-state index in [1.807, 2.05) is 13.0 Å². The number of carbonyl (C=O) groups is 2. The van der Waals surface area contributed by atoms with Crippen LogP contribution in [-0.4, -0.2) is 36.0 Å². The second-order valence-corrected chi connectivity index (χ2v) is 10.7. The summed E-state index contributed by atoms with van der Waals surface area (Å²) >= 11 is 0. The lowest BCUT2D eigenvalue weighted by atomic mass is 9.63. The van der Waals surface area contributed by atoms with Gasteiger partial charge in [0.2, 0.25) is 0 Å². The average molecular weight is 415 g/mol. The molecule has 3 aliphatic rings. The van der Waals surface area contributed by atoms with Crippen molar-refractivity contribution in [2.24, 2.45) is 35.0 Å². The normalized spacial score (nSPS) is 38.2. The quantitative estimate of drug-likeness (QED) is 0.506. The number of ketones is 1. The third-order valence-electron chi connectivity index (χ3n) is 8.13. The summed E-state index contributed by atoms with van der Waals surface area (Å²) in [6, 6.07) is 0. The number of carbonyl (C=O) groups excluding carboxylic acids is 2. The van der Waals surface area contributed by atoms with E-state index in [-0.39, 0.29) is 29.1 Å². The van der Waals surface area contributed by atoms with Gasteiger partial charge in [-0.25, -0.2) is 0 Å². The lowest BCUT2D eigenvalue weighted by Gasteiger charge is -2.40. The number of allylic oxidation sites excluding steroid dienone is 5. The third-order valence-corrected chi connectivity index (χ3v) is 8.13. The SMILES string of the molecule is CO[C@H](/C=C/[C@H](C)[C@H]1CC[C@]2(C)C[C@@H]3C(C)=CC(=O)[C@H]3/C(C=O)=C\C[C@@H]12)C(C)(C)O. The van der Waals surface area contributed by atoms with Crippen molar-refractivity contribution in [2.45, 2.75) is 72.0 Å². The summed E-state index contributed by atoms with van der Waals surface area (Å²) in [7, 11) is 1.62. The van der Waals surface area contributed by atoms with Gasteiger partial charge < -0.3 is 9.84 Å². The van der Waals surface area contributed by atoms with Crippen LogP contribution < -0.4 is 0 Å². The van der Waals surface area contributed by atoms with Crippen LogP contribution in [0.5, 0.6) is 0 Å². The molecule has 4 nitrogen and oxygen atoms in total. The maximum absolute atomic E-state index is 12.6. The fourth-order valence-corrected chi connectivity index (χ4v) is 6.33. The Morgan fingerprint density at radius 2 is 2.03 bits per heavy atom. The Morgan fingerprint density at radius 3 is 2.63 bits per heavy atom. The Kier molecular flexibility index (Phi) is 6.60. The number of rotatable bonds is 6. The van der Waals surface area contributed by atoms with Gasteiger partial charge in [-0.15, -0.1) is 0 Å². The third kappa shape index (κ3) is 4.27. The first-order chi connectivity index (χ1) is 14.0. The average Bonchev–Trinajstić information content (AvgIpc) is 3.10. The number of aldehydes is 1. The number of hydrogen-bond acceptors (Lipinski definition) is 4. The highest BCUT2D eigenvalue weighted by Gasteiger charge is 2.50. The summed E-state index contributed by atoms with van der Waals surface area (Å²) in [6.07, 6.45) is 12.7. The molecule has 0 aromatic carbocycles. The first kappa shape index (κ1) is 23.1. The van der Waals surface area contributed by atoms with E-state index in [1.54, 1.807) is 27.0 Å². The fourth-order valence-electron chi connectivity index (χ4n) is 6.33. The monoisotopic (exact) mass is 414 g/mol. The van der Waals surface area contributed by atoms with E-state index in [2.05, 4.69) is 26.0 Å². The van der Waals surface area contributed by atoms with Crippen LogP contribution in [0.2, 0.25) is 0 Å². The van der Waals surface area contributed by atoms with E-state index in [1.165, 1.54) is 0 Å². The zero-order valence-electron chi connectivity index (χ0n) is 19.4. The molecule has 0 heterocycles. The molecule has 3 aliphatic carbocycles. The van der Waals surface area contributed by atoms with Gasteiger partial charge in [0.05, 0.1) is 11.5 Å². The largest absolute Gasteiger partial charge is 0.387 e. The van der Waals surface area contributed by atoms with Crippen LogP contribution in [0, 0.1) is 35.0 Å². The topological polar surface area (TPSA) is 63.6 Å². The highest BCUT2D eigenvalue weighted by Crippen LogP contribution is 2.58. The minimum Gasteiger partial charge on any atom is -0.387 e. The van der Waals surface area contributed by atoms with Crippen LogP contribution in [0.1, 0.15) is 60.3 Å². The number of ether oxygens (including phenoxy) is 1. The van der Waals surface area contributed by atoms with Gasteiger partial charge in [-0.1, -0.05) is 37.6 Å². The Hall–Kier alpha value is -1.52. The van der Waals surface area contributed by atoms with E-state index in [0.717, 1.165) is 37.5 Å². The van der Waals surface area contributed by atoms with Crippen LogP contribution in [-0.2, 0) is 14.3 Å². The summed E-state index contributed by atoms with van der Waals surface area (Å²) in [4.78, 5) is 24.4.